The van der Waals surface area contributed by atoms with E-state index in [1.165, 1.54) is 64.2 Å². The van der Waals surface area contributed by atoms with Gasteiger partial charge >= 0.3 is 0 Å². The van der Waals surface area contributed by atoms with Crippen LogP contribution >= 0.6 is 0 Å². The van der Waals surface area contributed by atoms with Gasteiger partial charge in [-0.3, -0.25) is 4.79 Å². The van der Waals surface area contributed by atoms with E-state index < -0.39 is 0 Å². The van der Waals surface area contributed by atoms with Crippen LogP contribution < -0.4 is 0 Å². The molecule has 0 bridgehead atoms. The van der Waals surface area contributed by atoms with Gasteiger partial charge in [0.05, 0.1) is 0 Å². The molecule has 2 nitrogen and oxygen atoms in total. The molecule has 2 saturated carbocycles. The Kier molecular flexibility index (Phi) is 6.34. The molecule has 0 aliphatic heterocycles. The van der Waals surface area contributed by atoms with E-state index in [0.29, 0.717) is 23.2 Å². The molecule has 0 aromatic heterocycles. The van der Waals surface area contributed by atoms with Crippen molar-refractivity contribution in [3.05, 3.63) is 35.1 Å². The topological polar surface area (TPSA) is 37.3 Å². The van der Waals surface area contributed by atoms with Crippen LogP contribution in [0.15, 0.2) is 35.1 Å². The SMILES string of the molecule is O=C(/C=C/C1CCCCC1)C1=C(O)/C(=C/C2CCCCC2)CCC1. The number of aliphatic hydroxyl groups excluding tert-OH is 1. The zero-order valence-corrected chi connectivity index (χ0v) is 14.9. The number of hydrogen-bond acceptors (Lipinski definition) is 2. The van der Waals surface area contributed by atoms with Crippen molar-refractivity contribution in [2.45, 2.75) is 83.5 Å². The second-order valence-corrected chi connectivity index (χ2v) is 7.89. The maximum absolute atomic E-state index is 12.6. The van der Waals surface area contributed by atoms with Crippen LogP contribution in [-0.2, 0) is 4.79 Å². The molecule has 0 spiro atoms. The Labute approximate surface area is 146 Å². The highest BCUT2D eigenvalue weighted by Crippen LogP contribution is 2.33. The third-order valence-electron chi connectivity index (χ3n) is 6.02. The Morgan fingerprint density at radius 3 is 2.12 bits per heavy atom. The number of carbonyl (C=O) groups excluding carboxylic acids is 1. The van der Waals surface area contributed by atoms with E-state index in [4.69, 9.17) is 0 Å². The second-order valence-electron chi connectivity index (χ2n) is 7.89. The summed E-state index contributed by atoms with van der Waals surface area (Å²) >= 11 is 0. The lowest BCUT2D eigenvalue weighted by molar-refractivity contribution is -0.111. The van der Waals surface area contributed by atoms with Gasteiger partial charge in [0.25, 0.3) is 0 Å². The van der Waals surface area contributed by atoms with Crippen LogP contribution in [0, 0.1) is 11.8 Å². The van der Waals surface area contributed by atoms with Crippen molar-refractivity contribution >= 4 is 5.78 Å². The van der Waals surface area contributed by atoms with Gasteiger partial charge in [0.1, 0.15) is 5.76 Å². The smallest absolute Gasteiger partial charge is 0.185 e. The van der Waals surface area contributed by atoms with Gasteiger partial charge in [-0.25, -0.2) is 0 Å². The van der Waals surface area contributed by atoms with Gasteiger partial charge in [-0.1, -0.05) is 50.7 Å². The van der Waals surface area contributed by atoms with Gasteiger partial charge in [-0.2, -0.15) is 0 Å². The monoisotopic (exact) mass is 328 g/mol. The summed E-state index contributed by atoms with van der Waals surface area (Å²) in [4.78, 5) is 12.6. The lowest BCUT2D eigenvalue weighted by Crippen LogP contribution is -2.12. The van der Waals surface area contributed by atoms with Crippen LogP contribution in [-0.4, -0.2) is 10.9 Å². The van der Waals surface area contributed by atoms with Crippen molar-refractivity contribution in [1.82, 2.24) is 0 Å². The van der Waals surface area contributed by atoms with Crippen LogP contribution in [0.3, 0.4) is 0 Å². The number of aliphatic hydroxyl groups is 1. The maximum atomic E-state index is 12.6. The normalized spacial score (nSPS) is 26.4. The van der Waals surface area contributed by atoms with Crippen molar-refractivity contribution in [3.8, 4) is 0 Å². The molecule has 3 aliphatic carbocycles. The molecule has 0 aromatic carbocycles. The molecule has 3 rings (SSSR count). The fourth-order valence-corrected chi connectivity index (χ4v) is 4.52. The zero-order chi connectivity index (χ0) is 16.8. The van der Waals surface area contributed by atoms with E-state index in [-0.39, 0.29) is 5.78 Å². The third kappa shape index (κ3) is 4.62. The summed E-state index contributed by atoms with van der Waals surface area (Å²) in [7, 11) is 0. The summed E-state index contributed by atoms with van der Waals surface area (Å²) < 4.78 is 0. The lowest BCUT2D eigenvalue weighted by atomic mass is 9.83. The first kappa shape index (κ1) is 17.5. The van der Waals surface area contributed by atoms with Gasteiger partial charge in [-0.05, 0) is 68.4 Å². The quantitative estimate of drug-likeness (QED) is 0.624. The molecular formula is C22H32O2. The first-order chi connectivity index (χ1) is 11.7. The van der Waals surface area contributed by atoms with E-state index in [1.807, 2.05) is 0 Å². The third-order valence-corrected chi connectivity index (χ3v) is 6.02. The standard InChI is InChI=1S/C22H32O2/c23-21(15-14-17-8-3-1-4-9-17)20-13-7-12-19(22(20)24)16-18-10-5-2-6-11-18/h14-18,24H,1-13H2/b15-14+,19-16+. The van der Waals surface area contributed by atoms with Gasteiger partial charge in [-0.15, -0.1) is 0 Å². The fourth-order valence-electron chi connectivity index (χ4n) is 4.52. The van der Waals surface area contributed by atoms with Gasteiger partial charge in [0.15, 0.2) is 5.78 Å². The Morgan fingerprint density at radius 1 is 0.833 bits per heavy atom. The second kappa shape index (κ2) is 8.69. The molecule has 0 heterocycles. The Morgan fingerprint density at radius 2 is 1.46 bits per heavy atom. The first-order valence-corrected chi connectivity index (χ1v) is 10.1. The summed E-state index contributed by atoms with van der Waals surface area (Å²) in [6.07, 6.45) is 21.5. The summed E-state index contributed by atoms with van der Waals surface area (Å²) in [6, 6.07) is 0. The average molecular weight is 328 g/mol. The van der Waals surface area contributed by atoms with E-state index >= 15 is 0 Å². The molecule has 0 unspecified atom stereocenters. The molecule has 0 atom stereocenters. The highest BCUT2D eigenvalue weighted by atomic mass is 16.3. The largest absolute Gasteiger partial charge is 0.507 e. The number of hydrogen-bond donors (Lipinski definition) is 1. The average Bonchev–Trinajstić information content (AvgIpc) is 2.63. The number of allylic oxidation sites excluding steroid dienone is 5. The highest BCUT2D eigenvalue weighted by Gasteiger charge is 2.23. The fraction of sp³-hybridized carbons (Fsp3) is 0.682. The molecule has 3 aliphatic rings. The molecule has 0 aromatic rings. The molecule has 2 fully saturated rings. The first-order valence-electron chi connectivity index (χ1n) is 10.1. The molecule has 2 heteroatoms. The van der Waals surface area contributed by atoms with Gasteiger partial charge < -0.3 is 5.11 Å². The van der Waals surface area contributed by atoms with Crippen LogP contribution in [0.5, 0.6) is 0 Å². The van der Waals surface area contributed by atoms with Crippen LogP contribution in [0.4, 0.5) is 0 Å². The highest BCUT2D eigenvalue weighted by molar-refractivity contribution is 6.04. The summed E-state index contributed by atoms with van der Waals surface area (Å²) in [6.45, 7) is 0. The minimum Gasteiger partial charge on any atom is -0.507 e. The van der Waals surface area contributed by atoms with E-state index in [0.717, 1.165) is 24.8 Å². The minimum atomic E-state index is 0.0346. The minimum absolute atomic E-state index is 0.0346. The predicted molar refractivity (Wildman–Crippen MR) is 98.9 cm³/mol. The summed E-state index contributed by atoms with van der Waals surface area (Å²) in [5, 5.41) is 10.6. The molecule has 1 N–H and O–H groups in total. The van der Waals surface area contributed by atoms with Crippen LogP contribution in [0.25, 0.3) is 0 Å². The molecule has 132 valence electrons. The number of carbonyl (C=O) groups is 1. The number of rotatable bonds is 4. The molecule has 0 saturated heterocycles. The molecule has 0 amide bonds. The van der Waals surface area contributed by atoms with Crippen LogP contribution in [0.1, 0.15) is 83.5 Å². The summed E-state index contributed by atoms with van der Waals surface area (Å²) in [5.41, 5.74) is 1.68. The van der Waals surface area contributed by atoms with E-state index in [1.54, 1.807) is 6.08 Å². The Hall–Kier alpha value is -1.31. The van der Waals surface area contributed by atoms with E-state index in [9.17, 15) is 9.90 Å². The lowest BCUT2D eigenvalue weighted by Gasteiger charge is -2.23. The van der Waals surface area contributed by atoms with Gasteiger partial charge in [0, 0.05) is 5.57 Å². The van der Waals surface area contributed by atoms with Crippen molar-refractivity contribution in [2.75, 3.05) is 0 Å². The Bertz CT molecular complexity index is 526. The molecule has 0 radical (unpaired) electrons. The van der Waals surface area contributed by atoms with Crippen molar-refractivity contribution in [2.24, 2.45) is 11.8 Å². The number of ketones is 1. The molecular weight excluding hydrogens is 296 g/mol. The summed E-state index contributed by atoms with van der Waals surface area (Å²) in [5.74, 6) is 1.49. The molecule has 24 heavy (non-hydrogen) atoms. The van der Waals surface area contributed by atoms with Crippen molar-refractivity contribution in [3.63, 3.8) is 0 Å². The predicted octanol–water partition coefficient (Wildman–Crippen LogP) is 6.19. The van der Waals surface area contributed by atoms with E-state index in [2.05, 4.69) is 12.2 Å². The van der Waals surface area contributed by atoms with Crippen molar-refractivity contribution < 1.29 is 9.90 Å². The van der Waals surface area contributed by atoms with Crippen LogP contribution in [0.2, 0.25) is 0 Å². The zero-order valence-electron chi connectivity index (χ0n) is 14.9. The Balaban J connectivity index is 1.68. The van der Waals surface area contributed by atoms with Gasteiger partial charge in [0.2, 0.25) is 0 Å². The van der Waals surface area contributed by atoms with Crippen molar-refractivity contribution in [1.29, 1.82) is 0 Å². The maximum Gasteiger partial charge on any atom is 0.185 e.